The molecular weight excluding hydrogens is 236 g/mol. The van der Waals surface area contributed by atoms with Gasteiger partial charge in [-0.05, 0) is 5.56 Å². The minimum absolute atomic E-state index is 0.549. The standard InChI is InChI=1S/C13H14O5/c1-17-12(15)11(13(16)18-2)10(8-14)9-6-4-3-5-7-9/h3-8,10-11H,1-2H3/t10-/m0/s1. The van der Waals surface area contributed by atoms with Crippen LogP contribution in [-0.4, -0.2) is 32.4 Å². The number of rotatable bonds is 5. The van der Waals surface area contributed by atoms with Crippen molar-refractivity contribution in [2.45, 2.75) is 5.92 Å². The summed E-state index contributed by atoms with van der Waals surface area (Å²) in [4.78, 5) is 34.4. The molecule has 0 fully saturated rings. The molecule has 0 spiro atoms. The van der Waals surface area contributed by atoms with Crippen LogP contribution in [0.25, 0.3) is 0 Å². The van der Waals surface area contributed by atoms with E-state index in [4.69, 9.17) is 0 Å². The molecule has 1 aromatic carbocycles. The van der Waals surface area contributed by atoms with Crippen molar-refractivity contribution in [1.82, 2.24) is 0 Å². The largest absolute Gasteiger partial charge is 0.468 e. The minimum atomic E-state index is -1.28. The molecule has 0 N–H and O–H groups in total. The lowest BCUT2D eigenvalue weighted by Gasteiger charge is -2.18. The highest BCUT2D eigenvalue weighted by Crippen LogP contribution is 2.25. The smallest absolute Gasteiger partial charge is 0.321 e. The molecule has 0 radical (unpaired) electrons. The van der Waals surface area contributed by atoms with Crippen LogP contribution in [0.15, 0.2) is 30.3 Å². The summed E-state index contributed by atoms with van der Waals surface area (Å²) in [5, 5.41) is 0. The summed E-state index contributed by atoms with van der Waals surface area (Å²) in [6.45, 7) is 0. The second-order valence-electron chi connectivity index (χ2n) is 3.60. The summed E-state index contributed by atoms with van der Waals surface area (Å²) >= 11 is 0. The highest BCUT2D eigenvalue weighted by atomic mass is 16.5. The van der Waals surface area contributed by atoms with E-state index in [2.05, 4.69) is 9.47 Å². The SMILES string of the molecule is COC(=O)C(C(=O)OC)[C@@H](C=O)c1ccccc1. The predicted octanol–water partition coefficient (Wildman–Crippen LogP) is 0.931. The van der Waals surface area contributed by atoms with Crippen molar-refractivity contribution in [1.29, 1.82) is 0 Å². The van der Waals surface area contributed by atoms with Crippen molar-refractivity contribution in [3.05, 3.63) is 35.9 Å². The zero-order valence-electron chi connectivity index (χ0n) is 10.2. The molecule has 0 aliphatic heterocycles. The number of methoxy groups -OCH3 is 2. The van der Waals surface area contributed by atoms with E-state index in [9.17, 15) is 14.4 Å². The second kappa shape index (κ2) is 6.54. The van der Waals surface area contributed by atoms with E-state index in [0.29, 0.717) is 11.8 Å². The Morgan fingerprint density at radius 1 is 1.06 bits per heavy atom. The topological polar surface area (TPSA) is 69.7 Å². The first kappa shape index (κ1) is 13.9. The number of carbonyl (C=O) groups is 3. The summed E-state index contributed by atoms with van der Waals surface area (Å²) in [5.41, 5.74) is 0.563. The quantitative estimate of drug-likeness (QED) is 0.441. The van der Waals surface area contributed by atoms with Crippen LogP contribution in [0.4, 0.5) is 0 Å². The molecule has 96 valence electrons. The van der Waals surface area contributed by atoms with E-state index >= 15 is 0 Å². The molecule has 5 nitrogen and oxygen atoms in total. The second-order valence-corrected chi connectivity index (χ2v) is 3.60. The van der Waals surface area contributed by atoms with Crippen LogP contribution >= 0.6 is 0 Å². The van der Waals surface area contributed by atoms with Gasteiger partial charge in [0.05, 0.1) is 20.1 Å². The molecule has 0 aromatic heterocycles. The highest BCUT2D eigenvalue weighted by Gasteiger charge is 2.37. The van der Waals surface area contributed by atoms with Gasteiger partial charge < -0.3 is 14.3 Å². The van der Waals surface area contributed by atoms with Gasteiger partial charge in [0.25, 0.3) is 0 Å². The molecular formula is C13H14O5. The molecule has 0 aliphatic carbocycles. The number of ether oxygens (including phenoxy) is 2. The molecule has 5 heteroatoms. The predicted molar refractivity (Wildman–Crippen MR) is 62.8 cm³/mol. The fourth-order valence-electron chi connectivity index (χ4n) is 1.67. The summed E-state index contributed by atoms with van der Waals surface area (Å²) in [6.07, 6.45) is 0.549. The van der Waals surface area contributed by atoms with Crippen molar-refractivity contribution in [2.75, 3.05) is 14.2 Å². The van der Waals surface area contributed by atoms with Crippen LogP contribution < -0.4 is 0 Å². The third-order valence-electron chi connectivity index (χ3n) is 2.60. The van der Waals surface area contributed by atoms with E-state index in [1.54, 1.807) is 30.3 Å². The van der Waals surface area contributed by atoms with Gasteiger partial charge in [0, 0.05) is 0 Å². The van der Waals surface area contributed by atoms with Crippen LogP contribution in [0.1, 0.15) is 11.5 Å². The van der Waals surface area contributed by atoms with E-state index < -0.39 is 23.8 Å². The lowest BCUT2D eigenvalue weighted by molar-refractivity contribution is -0.160. The zero-order valence-corrected chi connectivity index (χ0v) is 10.2. The molecule has 0 heterocycles. The fraction of sp³-hybridized carbons (Fsp3) is 0.308. The van der Waals surface area contributed by atoms with Gasteiger partial charge in [0.15, 0.2) is 5.92 Å². The summed E-state index contributed by atoms with van der Waals surface area (Å²) < 4.78 is 9.08. The van der Waals surface area contributed by atoms with E-state index in [-0.39, 0.29) is 0 Å². The zero-order chi connectivity index (χ0) is 13.5. The number of hydrogen-bond acceptors (Lipinski definition) is 5. The van der Waals surface area contributed by atoms with Crippen molar-refractivity contribution < 1.29 is 23.9 Å². The van der Waals surface area contributed by atoms with Gasteiger partial charge in [0.2, 0.25) is 0 Å². The van der Waals surface area contributed by atoms with Gasteiger partial charge in [0.1, 0.15) is 6.29 Å². The fourth-order valence-corrected chi connectivity index (χ4v) is 1.67. The molecule has 18 heavy (non-hydrogen) atoms. The number of benzene rings is 1. The molecule has 0 saturated carbocycles. The van der Waals surface area contributed by atoms with Crippen molar-refractivity contribution in [2.24, 2.45) is 5.92 Å². The van der Waals surface area contributed by atoms with Gasteiger partial charge >= 0.3 is 11.9 Å². The molecule has 0 unspecified atom stereocenters. The minimum Gasteiger partial charge on any atom is -0.468 e. The lowest BCUT2D eigenvalue weighted by Crippen LogP contribution is -2.33. The average molecular weight is 250 g/mol. The molecule has 0 saturated heterocycles. The molecule has 1 rings (SSSR count). The van der Waals surface area contributed by atoms with Gasteiger partial charge in [-0.2, -0.15) is 0 Å². The number of esters is 2. The normalized spacial score (nSPS) is 11.7. The van der Waals surface area contributed by atoms with Crippen LogP contribution in [-0.2, 0) is 23.9 Å². The Hall–Kier alpha value is -2.17. The number of aldehydes is 1. The van der Waals surface area contributed by atoms with Crippen molar-refractivity contribution >= 4 is 18.2 Å². The van der Waals surface area contributed by atoms with Crippen molar-refractivity contribution in [3.8, 4) is 0 Å². The van der Waals surface area contributed by atoms with E-state index in [1.807, 2.05) is 0 Å². The average Bonchev–Trinajstić information content (AvgIpc) is 2.44. The van der Waals surface area contributed by atoms with Crippen LogP contribution in [0, 0.1) is 5.92 Å². The Labute approximate surface area is 105 Å². The molecule has 1 aromatic rings. The van der Waals surface area contributed by atoms with Crippen molar-refractivity contribution in [3.63, 3.8) is 0 Å². The van der Waals surface area contributed by atoms with E-state index in [1.165, 1.54) is 0 Å². The first-order chi connectivity index (χ1) is 8.65. The first-order valence-corrected chi connectivity index (χ1v) is 5.31. The van der Waals surface area contributed by atoms with Crippen LogP contribution in [0.5, 0.6) is 0 Å². The molecule has 0 amide bonds. The Balaban J connectivity index is 3.13. The highest BCUT2D eigenvalue weighted by molar-refractivity contribution is 5.99. The van der Waals surface area contributed by atoms with Gasteiger partial charge in [-0.3, -0.25) is 9.59 Å². The molecule has 0 bridgehead atoms. The Kier molecular flexibility index (Phi) is 5.05. The summed E-state index contributed by atoms with van der Waals surface area (Å²) in [5.74, 6) is -3.77. The maximum absolute atomic E-state index is 11.6. The lowest BCUT2D eigenvalue weighted by atomic mass is 9.87. The van der Waals surface area contributed by atoms with Crippen LogP contribution in [0.3, 0.4) is 0 Å². The Morgan fingerprint density at radius 3 is 1.94 bits per heavy atom. The van der Waals surface area contributed by atoms with Gasteiger partial charge in [-0.1, -0.05) is 30.3 Å². The molecule has 1 atom stereocenters. The van der Waals surface area contributed by atoms with Gasteiger partial charge in [-0.15, -0.1) is 0 Å². The number of hydrogen-bond donors (Lipinski definition) is 0. The maximum Gasteiger partial charge on any atom is 0.321 e. The molecule has 0 aliphatic rings. The summed E-state index contributed by atoms with van der Waals surface area (Å²) in [6, 6.07) is 8.54. The third-order valence-corrected chi connectivity index (χ3v) is 2.60. The monoisotopic (exact) mass is 250 g/mol. The Morgan fingerprint density at radius 2 is 1.56 bits per heavy atom. The van der Waals surface area contributed by atoms with Gasteiger partial charge in [-0.25, -0.2) is 0 Å². The number of carbonyl (C=O) groups excluding carboxylic acids is 3. The van der Waals surface area contributed by atoms with E-state index in [0.717, 1.165) is 14.2 Å². The van der Waals surface area contributed by atoms with Crippen LogP contribution in [0.2, 0.25) is 0 Å². The summed E-state index contributed by atoms with van der Waals surface area (Å²) in [7, 11) is 2.32. The maximum atomic E-state index is 11.6. The first-order valence-electron chi connectivity index (χ1n) is 5.31. The third kappa shape index (κ3) is 2.94. The Bertz CT molecular complexity index is 410.